The van der Waals surface area contributed by atoms with Crippen LogP contribution in [-0.4, -0.2) is 27.6 Å². The number of anilines is 1. The van der Waals surface area contributed by atoms with Crippen LogP contribution in [0.3, 0.4) is 0 Å². The van der Waals surface area contributed by atoms with Gasteiger partial charge in [-0.1, -0.05) is 41.9 Å². The van der Waals surface area contributed by atoms with Gasteiger partial charge in [-0.15, -0.1) is 0 Å². The number of hydrogen-bond donors (Lipinski definition) is 1. The molecule has 154 valence electrons. The smallest absolute Gasteiger partial charge is 0.226 e. The summed E-state index contributed by atoms with van der Waals surface area (Å²) in [6.45, 7) is 0.464. The number of aryl methyl sites for hydroxylation is 1. The Balaban J connectivity index is 1.49. The van der Waals surface area contributed by atoms with Gasteiger partial charge in [0.15, 0.2) is 5.65 Å². The van der Waals surface area contributed by atoms with Gasteiger partial charge in [-0.25, -0.2) is 9.97 Å². The first-order valence-corrected chi connectivity index (χ1v) is 10.3. The van der Waals surface area contributed by atoms with Gasteiger partial charge in [0, 0.05) is 23.4 Å². The molecule has 3 aromatic carbocycles. The van der Waals surface area contributed by atoms with E-state index in [4.69, 9.17) is 26.3 Å². The van der Waals surface area contributed by atoms with Crippen LogP contribution in [0.5, 0.6) is 5.75 Å². The Morgan fingerprint density at radius 1 is 1.03 bits per heavy atom. The number of nitrogens with zero attached hydrogens (tertiary/aromatic N) is 3. The molecule has 0 unspecified atom stereocenters. The Labute approximate surface area is 183 Å². The van der Waals surface area contributed by atoms with Crippen LogP contribution in [0.1, 0.15) is 6.42 Å². The number of para-hydroxylation sites is 3. The van der Waals surface area contributed by atoms with Gasteiger partial charge in [0.25, 0.3) is 0 Å². The summed E-state index contributed by atoms with van der Waals surface area (Å²) >= 11 is 6.07. The molecule has 0 saturated carbocycles. The molecule has 0 atom stereocenters. The van der Waals surface area contributed by atoms with Crippen molar-refractivity contribution < 1.29 is 9.53 Å². The molecule has 0 aliphatic carbocycles. The first kappa shape index (κ1) is 19.3. The molecule has 1 N–H and O–H groups in total. The van der Waals surface area contributed by atoms with Gasteiger partial charge in [-0.2, -0.15) is 0 Å². The van der Waals surface area contributed by atoms with Gasteiger partial charge in [0.05, 0.1) is 29.3 Å². The van der Waals surface area contributed by atoms with Crippen molar-refractivity contribution >= 4 is 56.3 Å². The summed E-state index contributed by atoms with van der Waals surface area (Å²) < 4.78 is 7.37. The van der Waals surface area contributed by atoms with Crippen LogP contribution < -0.4 is 10.1 Å². The lowest BCUT2D eigenvalue weighted by atomic mass is 10.2. The standard InChI is InChI=1S/C24H19ClN4O2/c1-31-21-11-10-15(25)14-19(21)26-22(30)12-13-29-20-9-5-2-6-16(20)23-24(29)28-18-8-4-3-7-17(18)27-23/h2-11,14H,12-13H2,1H3,(H,26,30). The van der Waals surface area contributed by atoms with Crippen LogP contribution in [-0.2, 0) is 11.3 Å². The second-order valence-corrected chi connectivity index (χ2v) is 7.63. The largest absolute Gasteiger partial charge is 0.495 e. The topological polar surface area (TPSA) is 69.0 Å². The Morgan fingerprint density at radius 3 is 2.58 bits per heavy atom. The van der Waals surface area contributed by atoms with Crippen LogP contribution in [0.4, 0.5) is 5.69 Å². The summed E-state index contributed by atoms with van der Waals surface area (Å²) in [5, 5.41) is 4.44. The Kier molecular flexibility index (Phi) is 4.92. The Hall–Kier alpha value is -3.64. The predicted molar refractivity (Wildman–Crippen MR) is 124 cm³/mol. The minimum atomic E-state index is -0.139. The molecule has 7 heteroatoms. The zero-order valence-electron chi connectivity index (χ0n) is 16.8. The van der Waals surface area contributed by atoms with Crippen molar-refractivity contribution in [3.05, 3.63) is 71.8 Å². The first-order valence-electron chi connectivity index (χ1n) is 9.91. The van der Waals surface area contributed by atoms with Crippen molar-refractivity contribution in [2.45, 2.75) is 13.0 Å². The van der Waals surface area contributed by atoms with E-state index in [0.29, 0.717) is 23.0 Å². The van der Waals surface area contributed by atoms with Gasteiger partial charge < -0.3 is 14.6 Å². The molecule has 0 bridgehead atoms. The van der Waals surface area contributed by atoms with Gasteiger partial charge in [0.2, 0.25) is 5.91 Å². The SMILES string of the molecule is COc1ccc(Cl)cc1NC(=O)CCn1c2ccccc2c2nc3ccccc3nc21. The molecule has 5 aromatic rings. The fourth-order valence-corrected chi connectivity index (χ4v) is 3.99. The van der Waals surface area contributed by atoms with Crippen molar-refractivity contribution in [3.8, 4) is 5.75 Å². The molecule has 5 rings (SSSR count). The lowest BCUT2D eigenvalue weighted by Gasteiger charge is -2.11. The van der Waals surface area contributed by atoms with Gasteiger partial charge in [0.1, 0.15) is 11.3 Å². The highest BCUT2D eigenvalue weighted by molar-refractivity contribution is 6.31. The molecule has 2 heterocycles. The van der Waals surface area contributed by atoms with Crippen molar-refractivity contribution in [2.75, 3.05) is 12.4 Å². The highest BCUT2D eigenvalue weighted by Gasteiger charge is 2.16. The maximum absolute atomic E-state index is 12.7. The summed E-state index contributed by atoms with van der Waals surface area (Å²) in [5.74, 6) is 0.423. The van der Waals surface area contributed by atoms with E-state index >= 15 is 0 Å². The number of hydrogen-bond acceptors (Lipinski definition) is 4. The summed E-state index contributed by atoms with van der Waals surface area (Å²) in [6, 6.07) is 21.0. The van der Waals surface area contributed by atoms with Crippen molar-refractivity contribution in [1.29, 1.82) is 0 Å². The van der Waals surface area contributed by atoms with E-state index in [1.165, 1.54) is 0 Å². The van der Waals surface area contributed by atoms with Gasteiger partial charge in [-0.3, -0.25) is 4.79 Å². The molecule has 0 fully saturated rings. The average molecular weight is 431 g/mol. The van der Waals surface area contributed by atoms with Crippen LogP contribution in [0.15, 0.2) is 66.7 Å². The quantitative estimate of drug-likeness (QED) is 0.403. The highest BCUT2D eigenvalue weighted by Crippen LogP contribution is 2.30. The van der Waals surface area contributed by atoms with E-state index in [-0.39, 0.29) is 12.3 Å². The van der Waals surface area contributed by atoms with E-state index in [1.54, 1.807) is 25.3 Å². The molecule has 31 heavy (non-hydrogen) atoms. The molecule has 0 aliphatic rings. The third kappa shape index (κ3) is 3.55. The number of ether oxygens (including phenoxy) is 1. The molecule has 6 nitrogen and oxygen atoms in total. The fourth-order valence-electron chi connectivity index (χ4n) is 3.81. The summed E-state index contributed by atoms with van der Waals surface area (Å²) in [7, 11) is 1.56. The Morgan fingerprint density at radius 2 is 1.77 bits per heavy atom. The Bertz CT molecular complexity index is 1440. The normalized spacial score (nSPS) is 11.3. The second kappa shape index (κ2) is 7.89. The van der Waals surface area contributed by atoms with Gasteiger partial charge >= 0.3 is 0 Å². The average Bonchev–Trinajstić information content (AvgIpc) is 3.09. The summed E-state index contributed by atoms with van der Waals surface area (Å²) in [6.07, 6.45) is 0.262. The van der Waals surface area contributed by atoms with Crippen LogP contribution in [0.2, 0.25) is 5.02 Å². The molecule has 0 saturated heterocycles. The third-order valence-corrected chi connectivity index (χ3v) is 5.49. The number of carbonyl (C=O) groups excluding carboxylic acids is 1. The summed E-state index contributed by atoms with van der Waals surface area (Å²) in [5.41, 5.74) is 4.84. The maximum atomic E-state index is 12.7. The molecule has 1 amide bonds. The monoisotopic (exact) mass is 430 g/mol. The van der Waals surface area contributed by atoms with Crippen LogP contribution in [0.25, 0.3) is 33.1 Å². The zero-order valence-corrected chi connectivity index (χ0v) is 17.6. The third-order valence-electron chi connectivity index (χ3n) is 5.26. The van der Waals surface area contributed by atoms with Gasteiger partial charge in [-0.05, 0) is 36.4 Å². The minimum Gasteiger partial charge on any atom is -0.495 e. The second-order valence-electron chi connectivity index (χ2n) is 7.20. The number of carbonyl (C=O) groups is 1. The molecule has 0 spiro atoms. The molecular weight excluding hydrogens is 412 g/mol. The number of amides is 1. The number of nitrogens with one attached hydrogen (secondary N) is 1. The van der Waals surface area contributed by atoms with Crippen LogP contribution in [0, 0.1) is 0 Å². The highest BCUT2D eigenvalue weighted by atomic mass is 35.5. The van der Waals surface area contributed by atoms with Crippen LogP contribution >= 0.6 is 11.6 Å². The molecule has 0 radical (unpaired) electrons. The number of benzene rings is 3. The van der Waals surface area contributed by atoms with E-state index in [9.17, 15) is 4.79 Å². The van der Waals surface area contributed by atoms with E-state index in [2.05, 4.69) is 9.88 Å². The minimum absolute atomic E-state index is 0.139. The number of fused-ring (bicyclic) bond motifs is 4. The zero-order chi connectivity index (χ0) is 21.4. The van der Waals surface area contributed by atoms with Crippen molar-refractivity contribution in [3.63, 3.8) is 0 Å². The summed E-state index contributed by atoms with van der Waals surface area (Å²) in [4.78, 5) is 22.4. The fraction of sp³-hybridized carbons (Fsp3) is 0.125. The lowest BCUT2D eigenvalue weighted by molar-refractivity contribution is -0.116. The number of halogens is 1. The number of methoxy groups -OCH3 is 1. The molecular formula is C24H19ClN4O2. The van der Waals surface area contributed by atoms with E-state index in [1.807, 2.05) is 48.5 Å². The lowest BCUT2D eigenvalue weighted by Crippen LogP contribution is -2.15. The van der Waals surface area contributed by atoms with E-state index < -0.39 is 0 Å². The predicted octanol–water partition coefficient (Wildman–Crippen LogP) is 5.43. The molecule has 2 aromatic heterocycles. The number of aromatic nitrogens is 3. The molecule has 0 aliphatic heterocycles. The van der Waals surface area contributed by atoms with E-state index in [0.717, 1.165) is 33.1 Å². The van der Waals surface area contributed by atoms with Crippen molar-refractivity contribution in [1.82, 2.24) is 14.5 Å². The first-order chi connectivity index (χ1) is 15.1. The number of rotatable bonds is 5. The maximum Gasteiger partial charge on any atom is 0.226 e. The van der Waals surface area contributed by atoms with Crippen molar-refractivity contribution in [2.24, 2.45) is 0 Å².